The summed E-state index contributed by atoms with van der Waals surface area (Å²) < 4.78 is 0. The van der Waals surface area contributed by atoms with Gasteiger partial charge in [-0.15, -0.1) is 0 Å². The molecule has 3 heteroatoms. The number of hydrogen-bond donors (Lipinski definition) is 1. The van der Waals surface area contributed by atoms with E-state index in [-0.39, 0.29) is 6.17 Å². The van der Waals surface area contributed by atoms with Crippen molar-refractivity contribution in [3.8, 4) is 33.4 Å². The zero-order valence-corrected chi connectivity index (χ0v) is 33.8. The van der Waals surface area contributed by atoms with Crippen LogP contribution in [0.5, 0.6) is 0 Å². The quantitative estimate of drug-likeness (QED) is 0.167. The normalized spacial score (nSPS) is 14.0. The fourth-order valence-electron chi connectivity index (χ4n) is 9.53. The highest BCUT2D eigenvalue weighted by atomic mass is 15.2. The van der Waals surface area contributed by atoms with Crippen LogP contribution in [0.3, 0.4) is 0 Å². The molecule has 0 aliphatic carbocycles. The molecule has 11 aromatic carbocycles. The van der Waals surface area contributed by atoms with Gasteiger partial charge in [0.1, 0.15) is 12.0 Å². The van der Waals surface area contributed by atoms with E-state index in [9.17, 15) is 0 Å². The SMILES string of the molecule is c1ccc(C2=NC(c3cc(-c4ccccc4)cc(-c4cc5c6ccccc6c6ccccc6c5c5ccccc45)c3)=NC(c3ccc(-c4cccc5ccccc45)cc3)N2)cc1. The molecule has 1 N–H and O–H groups in total. The smallest absolute Gasteiger partial charge is 0.159 e. The monoisotopic (exact) mass is 789 g/mol. The van der Waals surface area contributed by atoms with Gasteiger partial charge in [-0.25, -0.2) is 9.98 Å². The number of rotatable bonds is 6. The van der Waals surface area contributed by atoms with Crippen molar-refractivity contribution < 1.29 is 0 Å². The average Bonchev–Trinajstić information content (AvgIpc) is 3.36. The lowest BCUT2D eigenvalue weighted by atomic mass is 9.86. The van der Waals surface area contributed by atoms with E-state index in [4.69, 9.17) is 9.98 Å². The molecule has 62 heavy (non-hydrogen) atoms. The Balaban J connectivity index is 1.06. The van der Waals surface area contributed by atoms with Gasteiger partial charge in [0.2, 0.25) is 0 Å². The highest BCUT2D eigenvalue weighted by molar-refractivity contribution is 6.33. The minimum Gasteiger partial charge on any atom is -0.344 e. The summed E-state index contributed by atoms with van der Waals surface area (Å²) in [5.74, 6) is 1.48. The maximum Gasteiger partial charge on any atom is 0.159 e. The molecule has 11 aromatic rings. The molecule has 0 bridgehead atoms. The second kappa shape index (κ2) is 14.8. The van der Waals surface area contributed by atoms with E-state index < -0.39 is 0 Å². The maximum absolute atomic E-state index is 5.43. The Kier molecular flexibility index (Phi) is 8.57. The topological polar surface area (TPSA) is 36.8 Å². The van der Waals surface area contributed by atoms with Gasteiger partial charge in [0.15, 0.2) is 5.84 Å². The summed E-state index contributed by atoms with van der Waals surface area (Å²) in [6.45, 7) is 0. The second-order valence-electron chi connectivity index (χ2n) is 16.1. The lowest BCUT2D eigenvalue weighted by molar-refractivity contribution is 0.674. The van der Waals surface area contributed by atoms with Gasteiger partial charge in [0, 0.05) is 11.1 Å². The molecule has 0 spiro atoms. The van der Waals surface area contributed by atoms with Gasteiger partial charge in [-0.1, -0.05) is 200 Å². The largest absolute Gasteiger partial charge is 0.344 e. The summed E-state index contributed by atoms with van der Waals surface area (Å²) in [5.41, 5.74) is 9.96. The maximum atomic E-state index is 5.43. The minimum atomic E-state index is -0.357. The minimum absolute atomic E-state index is 0.357. The first-order valence-corrected chi connectivity index (χ1v) is 21.3. The number of nitrogens with one attached hydrogen (secondary N) is 1. The molecule has 0 amide bonds. The summed E-state index contributed by atoms with van der Waals surface area (Å²) in [6.07, 6.45) is -0.357. The van der Waals surface area contributed by atoms with Crippen molar-refractivity contribution in [1.82, 2.24) is 5.32 Å². The van der Waals surface area contributed by atoms with Crippen LogP contribution in [0.15, 0.2) is 234 Å². The highest BCUT2D eigenvalue weighted by Gasteiger charge is 2.23. The van der Waals surface area contributed by atoms with E-state index in [0.29, 0.717) is 5.84 Å². The molecule has 1 unspecified atom stereocenters. The van der Waals surface area contributed by atoms with Gasteiger partial charge in [-0.05, 0) is 117 Å². The molecule has 3 nitrogen and oxygen atoms in total. The lowest BCUT2D eigenvalue weighted by Crippen LogP contribution is -2.33. The first-order chi connectivity index (χ1) is 30.7. The van der Waals surface area contributed by atoms with Crippen LogP contribution in [0, 0.1) is 0 Å². The number of benzene rings is 11. The Labute approximate surface area is 360 Å². The van der Waals surface area contributed by atoms with Crippen molar-refractivity contribution in [2.24, 2.45) is 9.98 Å². The van der Waals surface area contributed by atoms with Crippen LogP contribution in [0.25, 0.3) is 87.2 Å². The number of fused-ring (bicyclic) bond motifs is 9. The summed E-state index contributed by atoms with van der Waals surface area (Å²) in [7, 11) is 0. The molecule has 1 heterocycles. The molecule has 1 atom stereocenters. The van der Waals surface area contributed by atoms with Crippen LogP contribution in [0.1, 0.15) is 22.9 Å². The number of nitrogens with zero attached hydrogens (tertiary/aromatic N) is 2. The van der Waals surface area contributed by atoms with Gasteiger partial charge in [-0.3, -0.25) is 0 Å². The third-order valence-electron chi connectivity index (χ3n) is 12.5. The van der Waals surface area contributed by atoms with E-state index in [2.05, 4.69) is 224 Å². The first-order valence-electron chi connectivity index (χ1n) is 21.3. The number of hydrogen-bond acceptors (Lipinski definition) is 3. The second-order valence-corrected chi connectivity index (χ2v) is 16.1. The van der Waals surface area contributed by atoms with Crippen LogP contribution >= 0.6 is 0 Å². The zero-order valence-electron chi connectivity index (χ0n) is 33.8. The van der Waals surface area contributed by atoms with Crippen molar-refractivity contribution in [1.29, 1.82) is 0 Å². The number of amidine groups is 2. The van der Waals surface area contributed by atoms with Gasteiger partial charge in [-0.2, -0.15) is 0 Å². The van der Waals surface area contributed by atoms with E-state index in [1.807, 2.05) is 6.07 Å². The molecular formula is C59H39N3. The van der Waals surface area contributed by atoms with Crippen LogP contribution in [-0.2, 0) is 0 Å². The standard InChI is InChI=1S/C59H39N3/c1-3-16-38(17-4-1)43-34-44(54-37-55-50-25-10-9-23-48(50)49-24-11-13-27-52(49)56(55)53-28-14-12-26-51(53)54)36-45(35-43)59-61-57(41-19-5-2-6-20-41)60-58(62-59)42-32-30-40(31-33-42)47-29-15-21-39-18-7-8-22-46(39)47/h1-37,58H,(H,60,61,62). The molecule has 290 valence electrons. The van der Waals surface area contributed by atoms with Gasteiger partial charge in [0.25, 0.3) is 0 Å². The van der Waals surface area contributed by atoms with Gasteiger partial charge < -0.3 is 5.32 Å². The Morgan fingerprint density at radius 3 is 1.58 bits per heavy atom. The molecule has 0 aromatic heterocycles. The summed E-state index contributed by atoms with van der Waals surface area (Å²) in [6, 6.07) is 80.8. The lowest BCUT2D eigenvalue weighted by Gasteiger charge is -2.24. The van der Waals surface area contributed by atoms with Crippen molar-refractivity contribution in [3.63, 3.8) is 0 Å². The van der Waals surface area contributed by atoms with Crippen molar-refractivity contribution in [3.05, 3.63) is 241 Å². The van der Waals surface area contributed by atoms with Crippen molar-refractivity contribution in [2.75, 3.05) is 0 Å². The Hall–Kier alpha value is -8.14. The predicted octanol–water partition coefficient (Wildman–Crippen LogP) is 14.9. The molecule has 0 saturated heterocycles. The Morgan fingerprint density at radius 2 is 0.855 bits per heavy atom. The van der Waals surface area contributed by atoms with Crippen molar-refractivity contribution >= 4 is 65.5 Å². The van der Waals surface area contributed by atoms with E-state index in [1.54, 1.807) is 0 Å². The molecule has 0 saturated carbocycles. The fraction of sp³-hybridized carbons (Fsp3) is 0.0169. The zero-order chi connectivity index (χ0) is 41.0. The highest BCUT2D eigenvalue weighted by Crippen LogP contribution is 2.44. The number of aliphatic imine (C=N–C) groups is 2. The third-order valence-corrected chi connectivity index (χ3v) is 12.5. The Morgan fingerprint density at radius 1 is 0.323 bits per heavy atom. The van der Waals surface area contributed by atoms with Gasteiger partial charge in [0.05, 0.1) is 0 Å². The molecular weight excluding hydrogens is 751 g/mol. The van der Waals surface area contributed by atoms with E-state index in [1.165, 1.54) is 70.6 Å². The first kappa shape index (κ1) is 35.8. The van der Waals surface area contributed by atoms with Crippen LogP contribution in [0.4, 0.5) is 0 Å². The summed E-state index contributed by atoms with van der Waals surface area (Å²) in [4.78, 5) is 10.7. The fourth-order valence-corrected chi connectivity index (χ4v) is 9.53. The average molecular weight is 790 g/mol. The summed E-state index contributed by atoms with van der Waals surface area (Å²) in [5, 5.41) is 16.2. The predicted molar refractivity (Wildman–Crippen MR) is 262 cm³/mol. The van der Waals surface area contributed by atoms with Crippen LogP contribution in [0.2, 0.25) is 0 Å². The third kappa shape index (κ3) is 6.14. The summed E-state index contributed by atoms with van der Waals surface area (Å²) >= 11 is 0. The van der Waals surface area contributed by atoms with Gasteiger partial charge >= 0.3 is 0 Å². The van der Waals surface area contributed by atoms with Crippen LogP contribution in [-0.4, -0.2) is 11.7 Å². The molecule has 0 fully saturated rings. The molecule has 1 aliphatic rings. The van der Waals surface area contributed by atoms with E-state index >= 15 is 0 Å². The Bertz CT molecular complexity index is 3580. The molecule has 0 radical (unpaired) electrons. The van der Waals surface area contributed by atoms with E-state index in [0.717, 1.165) is 39.2 Å². The van der Waals surface area contributed by atoms with Crippen molar-refractivity contribution in [2.45, 2.75) is 6.17 Å². The molecule has 1 aliphatic heterocycles. The molecule has 12 rings (SSSR count). The van der Waals surface area contributed by atoms with Crippen LogP contribution < -0.4 is 5.32 Å².